The van der Waals surface area contributed by atoms with Crippen molar-refractivity contribution in [2.45, 2.75) is 32.4 Å². The SMILES string of the molecule is CCCCNC(N)=NCCCOCC(F)(F)F.I. The van der Waals surface area contributed by atoms with Crippen LogP contribution in [0.4, 0.5) is 13.2 Å². The van der Waals surface area contributed by atoms with Gasteiger partial charge in [0.15, 0.2) is 5.96 Å². The van der Waals surface area contributed by atoms with Gasteiger partial charge in [-0.15, -0.1) is 24.0 Å². The molecule has 0 bridgehead atoms. The van der Waals surface area contributed by atoms with Crippen molar-refractivity contribution >= 4 is 29.9 Å². The van der Waals surface area contributed by atoms with Crippen molar-refractivity contribution in [1.82, 2.24) is 5.32 Å². The van der Waals surface area contributed by atoms with Gasteiger partial charge in [-0.1, -0.05) is 13.3 Å². The van der Waals surface area contributed by atoms with Gasteiger partial charge in [0.25, 0.3) is 0 Å². The zero-order valence-electron chi connectivity index (χ0n) is 10.4. The fourth-order valence-corrected chi connectivity index (χ4v) is 1.00. The van der Waals surface area contributed by atoms with E-state index in [0.717, 1.165) is 19.4 Å². The highest BCUT2D eigenvalue weighted by molar-refractivity contribution is 14.0. The number of aliphatic imine (C=N–C) groups is 1. The van der Waals surface area contributed by atoms with E-state index in [1.807, 2.05) is 0 Å². The summed E-state index contributed by atoms with van der Waals surface area (Å²) in [6.45, 7) is 2.01. The number of alkyl halides is 3. The standard InChI is InChI=1S/C10H20F3N3O.HI/c1-2-3-5-15-9(14)16-6-4-7-17-8-10(11,12)13;/h2-8H2,1H3,(H3,14,15,16);1H. The van der Waals surface area contributed by atoms with E-state index in [4.69, 9.17) is 5.73 Å². The van der Waals surface area contributed by atoms with Gasteiger partial charge in [-0.3, -0.25) is 4.99 Å². The second-order valence-electron chi connectivity index (χ2n) is 3.57. The minimum absolute atomic E-state index is 0. The highest BCUT2D eigenvalue weighted by atomic mass is 127. The molecule has 0 saturated heterocycles. The van der Waals surface area contributed by atoms with Crippen molar-refractivity contribution in [2.24, 2.45) is 10.7 Å². The molecule has 3 N–H and O–H groups in total. The normalized spacial score (nSPS) is 12.1. The van der Waals surface area contributed by atoms with Crippen LogP contribution < -0.4 is 11.1 Å². The smallest absolute Gasteiger partial charge is 0.372 e. The lowest BCUT2D eigenvalue weighted by atomic mass is 10.3. The van der Waals surface area contributed by atoms with Crippen molar-refractivity contribution in [3.63, 3.8) is 0 Å². The molecule has 110 valence electrons. The second-order valence-corrected chi connectivity index (χ2v) is 3.57. The molecule has 0 rings (SSSR count). The van der Waals surface area contributed by atoms with E-state index in [9.17, 15) is 13.2 Å². The molecule has 4 nitrogen and oxygen atoms in total. The molecule has 0 aromatic heterocycles. The summed E-state index contributed by atoms with van der Waals surface area (Å²) in [6.07, 6.45) is -1.77. The molecule has 0 fully saturated rings. The van der Waals surface area contributed by atoms with Crippen LogP contribution in [0.2, 0.25) is 0 Å². The van der Waals surface area contributed by atoms with Crippen molar-refractivity contribution in [3.8, 4) is 0 Å². The Morgan fingerprint density at radius 2 is 2.00 bits per heavy atom. The summed E-state index contributed by atoms with van der Waals surface area (Å²) in [5.74, 6) is 0.328. The van der Waals surface area contributed by atoms with E-state index < -0.39 is 12.8 Å². The molecule has 0 unspecified atom stereocenters. The predicted octanol–water partition coefficient (Wildman–Crippen LogP) is 2.28. The first-order chi connectivity index (χ1) is 7.95. The molecule has 0 amide bonds. The number of unbranched alkanes of at least 4 members (excludes halogenated alkanes) is 1. The number of ether oxygens (including phenoxy) is 1. The fraction of sp³-hybridized carbons (Fsp3) is 0.900. The Morgan fingerprint density at radius 3 is 2.56 bits per heavy atom. The van der Waals surface area contributed by atoms with E-state index in [0.29, 0.717) is 18.9 Å². The van der Waals surface area contributed by atoms with Crippen LogP contribution in [0.5, 0.6) is 0 Å². The lowest BCUT2D eigenvalue weighted by Crippen LogP contribution is -2.32. The van der Waals surface area contributed by atoms with Crippen molar-refractivity contribution in [1.29, 1.82) is 0 Å². The van der Waals surface area contributed by atoms with Gasteiger partial charge < -0.3 is 15.8 Å². The van der Waals surface area contributed by atoms with Gasteiger partial charge in [0.1, 0.15) is 6.61 Å². The zero-order valence-corrected chi connectivity index (χ0v) is 12.8. The maximum absolute atomic E-state index is 11.7. The lowest BCUT2D eigenvalue weighted by Gasteiger charge is -2.07. The Kier molecular flexibility index (Phi) is 13.2. The van der Waals surface area contributed by atoms with Crippen LogP contribution in [0.1, 0.15) is 26.2 Å². The van der Waals surface area contributed by atoms with Crippen LogP contribution in [0, 0.1) is 0 Å². The Balaban J connectivity index is 0. The van der Waals surface area contributed by atoms with Gasteiger partial charge in [-0.25, -0.2) is 0 Å². The van der Waals surface area contributed by atoms with E-state index in [1.54, 1.807) is 0 Å². The molecule has 0 atom stereocenters. The van der Waals surface area contributed by atoms with Crippen LogP contribution in [0.25, 0.3) is 0 Å². The minimum Gasteiger partial charge on any atom is -0.372 e. The number of hydrogen-bond acceptors (Lipinski definition) is 2. The first kappa shape index (κ1) is 20.1. The highest BCUT2D eigenvalue weighted by Gasteiger charge is 2.27. The number of hydrogen-bond donors (Lipinski definition) is 2. The third-order valence-electron chi connectivity index (χ3n) is 1.83. The maximum atomic E-state index is 11.7. The number of nitrogens with zero attached hydrogens (tertiary/aromatic N) is 1. The van der Waals surface area contributed by atoms with Crippen LogP contribution in [0.3, 0.4) is 0 Å². The largest absolute Gasteiger partial charge is 0.411 e. The average molecular weight is 383 g/mol. The van der Waals surface area contributed by atoms with Gasteiger partial charge in [-0.2, -0.15) is 13.2 Å². The Morgan fingerprint density at radius 1 is 1.33 bits per heavy atom. The van der Waals surface area contributed by atoms with Gasteiger partial charge in [-0.05, 0) is 12.8 Å². The molecular formula is C10H21F3IN3O. The summed E-state index contributed by atoms with van der Waals surface area (Å²) in [7, 11) is 0. The molecule has 0 saturated carbocycles. The molecular weight excluding hydrogens is 362 g/mol. The van der Waals surface area contributed by atoms with E-state index in [2.05, 4.69) is 22.0 Å². The van der Waals surface area contributed by atoms with E-state index in [1.165, 1.54) is 0 Å². The summed E-state index contributed by atoms with van der Waals surface area (Å²) in [5.41, 5.74) is 5.52. The van der Waals surface area contributed by atoms with Crippen molar-refractivity contribution < 1.29 is 17.9 Å². The average Bonchev–Trinajstić information content (AvgIpc) is 2.22. The first-order valence-corrected chi connectivity index (χ1v) is 5.64. The number of nitrogens with one attached hydrogen (secondary N) is 1. The summed E-state index contributed by atoms with van der Waals surface area (Å²) < 4.78 is 39.5. The van der Waals surface area contributed by atoms with Crippen LogP contribution in [0.15, 0.2) is 4.99 Å². The molecule has 8 heteroatoms. The van der Waals surface area contributed by atoms with Crippen molar-refractivity contribution in [2.75, 3.05) is 26.3 Å². The highest BCUT2D eigenvalue weighted by Crippen LogP contribution is 2.14. The van der Waals surface area contributed by atoms with Gasteiger partial charge in [0, 0.05) is 19.7 Å². The summed E-state index contributed by atoms with van der Waals surface area (Å²) in [4.78, 5) is 3.95. The number of guanidine groups is 1. The zero-order chi connectivity index (χ0) is 13.1. The van der Waals surface area contributed by atoms with Gasteiger partial charge >= 0.3 is 6.18 Å². The first-order valence-electron chi connectivity index (χ1n) is 5.64. The van der Waals surface area contributed by atoms with Gasteiger partial charge in [0.2, 0.25) is 0 Å². The molecule has 0 aliphatic rings. The summed E-state index contributed by atoms with van der Waals surface area (Å²) >= 11 is 0. The lowest BCUT2D eigenvalue weighted by molar-refractivity contribution is -0.173. The van der Waals surface area contributed by atoms with Crippen molar-refractivity contribution in [3.05, 3.63) is 0 Å². The molecule has 0 aromatic rings. The molecule has 0 aliphatic heterocycles. The number of rotatable bonds is 8. The monoisotopic (exact) mass is 383 g/mol. The van der Waals surface area contributed by atoms with E-state index >= 15 is 0 Å². The summed E-state index contributed by atoms with van der Waals surface area (Å²) in [6, 6.07) is 0. The molecule has 0 heterocycles. The predicted molar refractivity (Wildman–Crippen MR) is 76.3 cm³/mol. The molecule has 0 aromatic carbocycles. The van der Waals surface area contributed by atoms with Crippen LogP contribution in [-0.4, -0.2) is 38.4 Å². The topological polar surface area (TPSA) is 59.6 Å². The molecule has 0 spiro atoms. The van der Waals surface area contributed by atoms with Crippen LogP contribution >= 0.6 is 24.0 Å². The summed E-state index contributed by atoms with van der Waals surface area (Å²) in [5, 5.41) is 2.91. The Bertz CT molecular complexity index is 225. The van der Waals surface area contributed by atoms with Crippen LogP contribution in [-0.2, 0) is 4.74 Å². The van der Waals surface area contributed by atoms with E-state index in [-0.39, 0.29) is 30.6 Å². The fourth-order valence-electron chi connectivity index (χ4n) is 1.00. The number of nitrogens with two attached hydrogens (primary N) is 1. The molecule has 18 heavy (non-hydrogen) atoms. The quantitative estimate of drug-likeness (QED) is 0.293. The maximum Gasteiger partial charge on any atom is 0.411 e. The Hall–Kier alpha value is -0.250. The molecule has 0 aliphatic carbocycles. The van der Waals surface area contributed by atoms with Gasteiger partial charge in [0.05, 0.1) is 0 Å². The Labute approximate surface area is 123 Å². The minimum atomic E-state index is -4.26. The third kappa shape index (κ3) is 15.8. The third-order valence-corrected chi connectivity index (χ3v) is 1.83. The number of halogens is 4. The molecule has 0 radical (unpaired) electrons. The second kappa shape index (κ2) is 11.8.